The van der Waals surface area contributed by atoms with Gasteiger partial charge >= 0.3 is 0 Å². The Kier molecular flexibility index (Phi) is 8.47. The number of nitrogens with one attached hydrogen (secondary N) is 1. The number of guanidine groups is 1. The predicted molar refractivity (Wildman–Crippen MR) is 119 cm³/mol. The number of likely N-dealkylation sites (tertiary alicyclic amines) is 2. The third-order valence-electron chi connectivity index (χ3n) is 5.69. The van der Waals surface area contributed by atoms with Crippen LogP contribution in [0.3, 0.4) is 0 Å². The molecule has 0 aliphatic carbocycles. The van der Waals surface area contributed by atoms with E-state index in [4.69, 9.17) is 4.74 Å². The van der Waals surface area contributed by atoms with E-state index in [1.54, 1.807) is 7.11 Å². The van der Waals surface area contributed by atoms with E-state index < -0.39 is 0 Å². The fourth-order valence-corrected chi connectivity index (χ4v) is 4.18. The molecule has 0 spiro atoms. The largest absolute Gasteiger partial charge is 0.497 e. The van der Waals surface area contributed by atoms with Crippen molar-refractivity contribution in [3.05, 3.63) is 29.8 Å². The summed E-state index contributed by atoms with van der Waals surface area (Å²) in [6, 6.07) is 9.16. The third kappa shape index (κ3) is 5.03. The number of likely N-dealkylation sites (N-methyl/N-ethyl adjacent to an activating group) is 1. The van der Waals surface area contributed by atoms with Gasteiger partial charge in [-0.1, -0.05) is 19.1 Å². The first-order chi connectivity index (χ1) is 12.2. The lowest BCUT2D eigenvalue weighted by Gasteiger charge is -2.27. The third-order valence-corrected chi connectivity index (χ3v) is 5.69. The highest BCUT2D eigenvalue weighted by atomic mass is 127. The predicted octanol–water partition coefficient (Wildman–Crippen LogP) is 3.16. The number of methoxy groups -OCH3 is 1. The van der Waals surface area contributed by atoms with Crippen LogP contribution in [0.2, 0.25) is 0 Å². The van der Waals surface area contributed by atoms with Crippen LogP contribution in [-0.2, 0) is 0 Å². The van der Waals surface area contributed by atoms with Crippen LogP contribution in [0.4, 0.5) is 0 Å². The summed E-state index contributed by atoms with van der Waals surface area (Å²) in [5.74, 6) is 2.55. The van der Waals surface area contributed by atoms with E-state index >= 15 is 0 Å². The first kappa shape index (κ1) is 21.3. The molecule has 0 saturated carbocycles. The molecule has 2 heterocycles. The summed E-state index contributed by atoms with van der Waals surface area (Å²) in [5.41, 5.74) is 1.40. The van der Waals surface area contributed by atoms with E-state index in [0.717, 1.165) is 37.9 Å². The lowest BCUT2D eigenvalue weighted by Crippen LogP contribution is -2.46. The smallest absolute Gasteiger partial charge is 0.193 e. The lowest BCUT2D eigenvalue weighted by molar-refractivity contribution is 0.265. The Morgan fingerprint density at radius 3 is 2.65 bits per heavy atom. The van der Waals surface area contributed by atoms with Gasteiger partial charge in [-0.25, -0.2) is 0 Å². The summed E-state index contributed by atoms with van der Waals surface area (Å²) in [6.45, 7) is 7.75. The molecule has 0 radical (unpaired) electrons. The standard InChI is InChI=1S/C20H32N4O.HI/c1-4-23-12-5-6-18(23)14-22-20(21-2)24-13-11-17(15-24)16-7-9-19(25-3)10-8-16;/h7-10,17-18H,4-6,11-15H2,1-3H3,(H,21,22);1H. The number of rotatable bonds is 5. The number of halogens is 1. The maximum Gasteiger partial charge on any atom is 0.193 e. The van der Waals surface area contributed by atoms with E-state index in [1.807, 2.05) is 7.05 Å². The highest BCUT2D eigenvalue weighted by Crippen LogP contribution is 2.28. The zero-order valence-electron chi connectivity index (χ0n) is 16.3. The molecule has 0 bridgehead atoms. The first-order valence-corrected chi connectivity index (χ1v) is 9.58. The number of aliphatic imine (C=N–C) groups is 1. The highest BCUT2D eigenvalue weighted by molar-refractivity contribution is 14.0. The Bertz CT molecular complexity index is 578. The van der Waals surface area contributed by atoms with Crippen LogP contribution in [0.15, 0.2) is 29.3 Å². The summed E-state index contributed by atoms with van der Waals surface area (Å²) in [7, 11) is 3.61. The van der Waals surface area contributed by atoms with Gasteiger partial charge in [0.05, 0.1) is 7.11 Å². The van der Waals surface area contributed by atoms with Gasteiger partial charge in [0.2, 0.25) is 0 Å². The first-order valence-electron chi connectivity index (χ1n) is 9.58. The number of hydrogen-bond acceptors (Lipinski definition) is 3. The molecule has 0 aromatic heterocycles. The Labute approximate surface area is 175 Å². The number of ether oxygens (including phenoxy) is 1. The zero-order chi connectivity index (χ0) is 17.6. The van der Waals surface area contributed by atoms with Gasteiger partial charge in [0.25, 0.3) is 0 Å². The number of benzene rings is 1. The minimum atomic E-state index is 0. The molecule has 2 aliphatic rings. The van der Waals surface area contributed by atoms with Gasteiger partial charge < -0.3 is 15.0 Å². The second-order valence-electron chi connectivity index (χ2n) is 7.06. The highest BCUT2D eigenvalue weighted by Gasteiger charge is 2.28. The topological polar surface area (TPSA) is 40.1 Å². The maximum atomic E-state index is 5.26. The van der Waals surface area contributed by atoms with E-state index in [-0.39, 0.29) is 24.0 Å². The quantitative estimate of drug-likeness (QED) is 0.406. The minimum Gasteiger partial charge on any atom is -0.497 e. The Balaban J connectivity index is 0.00000243. The second kappa shape index (κ2) is 10.3. The van der Waals surface area contributed by atoms with Crippen molar-refractivity contribution in [1.82, 2.24) is 15.1 Å². The van der Waals surface area contributed by atoms with E-state index in [2.05, 4.69) is 51.3 Å². The fourth-order valence-electron chi connectivity index (χ4n) is 4.18. The Morgan fingerprint density at radius 1 is 1.23 bits per heavy atom. The lowest BCUT2D eigenvalue weighted by atomic mass is 9.98. The molecule has 2 unspecified atom stereocenters. The average molecular weight is 472 g/mol. The van der Waals surface area contributed by atoms with Crippen molar-refractivity contribution < 1.29 is 4.74 Å². The molecule has 1 N–H and O–H groups in total. The van der Waals surface area contributed by atoms with Crippen molar-refractivity contribution in [2.75, 3.05) is 46.9 Å². The van der Waals surface area contributed by atoms with Gasteiger partial charge in [-0.2, -0.15) is 0 Å². The zero-order valence-corrected chi connectivity index (χ0v) is 18.6. The van der Waals surface area contributed by atoms with Crippen molar-refractivity contribution >= 4 is 29.9 Å². The Hall–Kier alpha value is -1.02. The molecule has 26 heavy (non-hydrogen) atoms. The van der Waals surface area contributed by atoms with E-state index in [0.29, 0.717) is 12.0 Å². The van der Waals surface area contributed by atoms with Crippen LogP contribution >= 0.6 is 24.0 Å². The molecular formula is C20H33IN4O. The average Bonchev–Trinajstić information content (AvgIpc) is 3.32. The van der Waals surface area contributed by atoms with E-state index in [9.17, 15) is 0 Å². The van der Waals surface area contributed by atoms with Gasteiger partial charge in [0.15, 0.2) is 5.96 Å². The number of nitrogens with zero attached hydrogens (tertiary/aromatic N) is 3. The molecular weight excluding hydrogens is 439 g/mol. The monoisotopic (exact) mass is 472 g/mol. The van der Waals surface area contributed by atoms with E-state index in [1.165, 1.54) is 31.4 Å². The van der Waals surface area contributed by atoms with Crippen LogP contribution < -0.4 is 10.1 Å². The molecule has 2 aliphatic heterocycles. The molecule has 1 aromatic rings. The van der Waals surface area contributed by atoms with Crippen molar-refractivity contribution in [1.29, 1.82) is 0 Å². The van der Waals surface area contributed by atoms with Gasteiger partial charge in [-0.05, 0) is 50.0 Å². The van der Waals surface area contributed by atoms with Crippen LogP contribution in [0.25, 0.3) is 0 Å². The van der Waals surface area contributed by atoms with Gasteiger partial charge in [-0.15, -0.1) is 24.0 Å². The SMILES string of the molecule is CCN1CCCC1CNC(=NC)N1CCC(c2ccc(OC)cc2)C1.I. The molecule has 6 heteroatoms. The summed E-state index contributed by atoms with van der Waals surface area (Å²) in [6.07, 6.45) is 3.80. The minimum absolute atomic E-state index is 0. The summed E-state index contributed by atoms with van der Waals surface area (Å²) in [5, 5.41) is 3.62. The molecule has 146 valence electrons. The molecule has 1 aromatic carbocycles. The van der Waals surface area contributed by atoms with Gasteiger partial charge in [-0.3, -0.25) is 9.89 Å². The van der Waals surface area contributed by atoms with Gasteiger partial charge in [0.1, 0.15) is 5.75 Å². The van der Waals surface area contributed by atoms with Crippen LogP contribution in [-0.4, -0.2) is 68.7 Å². The number of hydrogen-bond donors (Lipinski definition) is 1. The molecule has 2 saturated heterocycles. The summed E-state index contributed by atoms with van der Waals surface area (Å²) >= 11 is 0. The van der Waals surface area contributed by atoms with Crippen LogP contribution in [0.5, 0.6) is 5.75 Å². The van der Waals surface area contributed by atoms with Crippen LogP contribution in [0.1, 0.15) is 37.7 Å². The summed E-state index contributed by atoms with van der Waals surface area (Å²) < 4.78 is 5.26. The molecule has 3 rings (SSSR count). The van der Waals surface area contributed by atoms with Crippen molar-refractivity contribution in [2.45, 2.75) is 38.1 Å². The maximum absolute atomic E-state index is 5.26. The van der Waals surface area contributed by atoms with Gasteiger partial charge in [0, 0.05) is 38.6 Å². The molecule has 5 nitrogen and oxygen atoms in total. The van der Waals surface area contributed by atoms with Crippen LogP contribution in [0, 0.1) is 0 Å². The van der Waals surface area contributed by atoms with Crippen molar-refractivity contribution in [3.8, 4) is 5.75 Å². The molecule has 2 atom stereocenters. The fraction of sp³-hybridized carbons (Fsp3) is 0.650. The normalized spacial score (nSPS) is 23.8. The second-order valence-corrected chi connectivity index (χ2v) is 7.06. The molecule has 2 fully saturated rings. The Morgan fingerprint density at radius 2 is 2.00 bits per heavy atom. The van der Waals surface area contributed by atoms with Crippen molar-refractivity contribution in [3.63, 3.8) is 0 Å². The van der Waals surface area contributed by atoms with Crippen molar-refractivity contribution in [2.24, 2.45) is 4.99 Å². The molecule has 0 amide bonds. The summed E-state index contributed by atoms with van der Waals surface area (Å²) in [4.78, 5) is 9.51.